The van der Waals surface area contributed by atoms with Crippen LogP contribution in [0.4, 0.5) is 8.78 Å². The van der Waals surface area contributed by atoms with Crippen molar-refractivity contribution in [2.45, 2.75) is 31.6 Å². The predicted octanol–water partition coefficient (Wildman–Crippen LogP) is 2.14. The van der Waals surface area contributed by atoms with Gasteiger partial charge >= 0.3 is 0 Å². The van der Waals surface area contributed by atoms with Crippen LogP contribution in [0.15, 0.2) is 23.1 Å². The van der Waals surface area contributed by atoms with Gasteiger partial charge in [0.15, 0.2) is 11.6 Å². The standard InChI is InChI=1S/C16H22F2N2O3S/c1-11(2)10-19-16(21)12-5-7-20(8-6-12)24(22,23)13-3-4-14(17)15(18)9-13/h3-4,9,11-12H,5-8,10H2,1-2H3,(H,19,21). The van der Waals surface area contributed by atoms with Crippen LogP contribution in [-0.4, -0.2) is 38.3 Å². The minimum atomic E-state index is -3.88. The van der Waals surface area contributed by atoms with Crippen molar-refractivity contribution >= 4 is 15.9 Å². The summed E-state index contributed by atoms with van der Waals surface area (Å²) in [5.41, 5.74) is 0. The molecular formula is C16H22F2N2O3S. The minimum Gasteiger partial charge on any atom is -0.356 e. The Morgan fingerprint density at radius 1 is 1.25 bits per heavy atom. The van der Waals surface area contributed by atoms with Crippen LogP contribution in [-0.2, 0) is 14.8 Å². The average Bonchev–Trinajstić information content (AvgIpc) is 2.55. The largest absolute Gasteiger partial charge is 0.356 e. The molecular weight excluding hydrogens is 338 g/mol. The maximum Gasteiger partial charge on any atom is 0.243 e. The molecule has 5 nitrogen and oxygen atoms in total. The van der Waals surface area contributed by atoms with E-state index in [1.807, 2.05) is 13.8 Å². The predicted molar refractivity (Wildman–Crippen MR) is 85.7 cm³/mol. The van der Waals surface area contributed by atoms with Gasteiger partial charge in [-0.3, -0.25) is 4.79 Å². The molecule has 2 rings (SSSR count). The molecule has 0 spiro atoms. The van der Waals surface area contributed by atoms with Crippen LogP contribution in [0.1, 0.15) is 26.7 Å². The summed E-state index contributed by atoms with van der Waals surface area (Å²) >= 11 is 0. The van der Waals surface area contributed by atoms with Crippen LogP contribution in [0.5, 0.6) is 0 Å². The van der Waals surface area contributed by atoms with Gasteiger partial charge in [0.1, 0.15) is 0 Å². The maximum atomic E-state index is 13.3. The molecule has 0 radical (unpaired) electrons. The lowest BCUT2D eigenvalue weighted by Crippen LogP contribution is -2.43. The van der Waals surface area contributed by atoms with E-state index in [2.05, 4.69) is 5.32 Å². The van der Waals surface area contributed by atoms with Crippen LogP contribution in [0, 0.1) is 23.5 Å². The lowest BCUT2D eigenvalue weighted by molar-refractivity contribution is -0.126. The van der Waals surface area contributed by atoms with Crippen molar-refractivity contribution in [3.05, 3.63) is 29.8 Å². The second-order valence-electron chi connectivity index (χ2n) is 6.39. The first kappa shape index (κ1) is 18.8. The van der Waals surface area contributed by atoms with Crippen molar-refractivity contribution in [2.24, 2.45) is 11.8 Å². The highest BCUT2D eigenvalue weighted by molar-refractivity contribution is 7.89. The lowest BCUT2D eigenvalue weighted by atomic mass is 9.97. The number of piperidine rings is 1. The van der Waals surface area contributed by atoms with E-state index < -0.39 is 21.7 Å². The Kier molecular flexibility index (Phi) is 5.92. The molecule has 1 heterocycles. The van der Waals surface area contributed by atoms with E-state index in [9.17, 15) is 22.0 Å². The van der Waals surface area contributed by atoms with E-state index in [1.54, 1.807) is 0 Å². The van der Waals surface area contributed by atoms with Gasteiger partial charge in [-0.25, -0.2) is 17.2 Å². The molecule has 0 aliphatic carbocycles. The number of hydrogen-bond donors (Lipinski definition) is 1. The van der Waals surface area contributed by atoms with Gasteiger partial charge in [0, 0.05) is 25.6 Å². The van der Waals surface area contributed by atoms with Crippen molar-refractivity contribution in [1.29, 1.82) is 0 Å². The summed E-state index contributed by atoms with van der Waals surface area (Å²) in [7, 11) is -3.88. The number of halogens is 2. The van der Waals surface area contributed by atoms with E-state index >= 15 is 0 Å². The van der Waals surface area contributed by atoms with Crippen molar-refractivity contribution in [3.63, 3.8) is 0 Å². The zero-order chi connectivity index (χ0) is 17.9. The molecule has 1 saturated heterocycles. The number of amides is 1. The second kappa shape index (κ2) is 7.57. The first-order valence-electron chi connectivity index (χ1n) is 7.94. The summed E-state index contributed by atoms with van der Waals surface area (Å²) in [5, 5.41) is 2.85. The number of hydrogen-bond acceptors (Lipinski definition) is 3. The molecule has 0 bridgehead atoms. The van der Waals surface area contributed by atoms with Crippen molar-refractivity contribution in [2.75, 3.05) is 19.6 Å². The van der Waals surface area contributed by atoms with Crippen LogP contribution >= 0.6 is 0 Å². The van der Waals surface area contributed by atoms with Gasteiger partial charge < -0.3 is 5.32 Å². The van der Waals surface area contributed by atoms with Gasteiger partial charge in [0.2, 0.25) is 15.9 Å². The molecule has 134 valence electrons. The summed E-state index contributed by atoms with van der Waals surface area (Å²) in [4.78, 5) is 11.8. The summed E-state index contributed by atoms with van der Waals surface area (Å²) in [5.74, 6) is -2.22. The van der Waals surface area contributed by atoms with E-state index in [0.717, 1.165) is 12.1 Å². The summed E-state index contributed by atoms with van der Waals surface area (Å²) in [6.07, 6.45) is 0.819. The monoisotopic (exact) mass is 360 g/mol. The molecule has 0 aromatic heterocycles. The molecule has 1 aliphatic heterocycles. The van der Waals surface area contributed by atoms with Crippen LogP contribution in [0.2, 0.25) is 0 Å². The Labute approximate surface area is 141 Å². The van der Waals surface area contributed by atoms with Crippen molar-refractivity contribution < 1.29 is 22.0 Å². The smallest absolute Gasteiger partial charge is 0.243 e. The highest BCUT2D eigenvalue weighted by Gasteiger charge is 2.32. The fourth-order valence-corrected chi connectivity index (χ4v) is 4.08. The molecule has 1 fully saturated rings. The Balaban J connectivity index is 2.00. The topological polar surface area (TPSA) is 66.5 Å². The molecule has 24 heavy (non-hydrogen) atoms. The molecule has 0 saturated carbocycles. The molecule has 1 N–H and O–H groups in total. The zero-order valence-corrected chi connectivity index (χ0v) is 14.6. The molecule has 1 aliphatic rings. The summed E-state index contributed by atoms with van der Waals surface area (Å²) in [6, 6.07) is 2.54. The van der Waals surface area contributed by atoms with Gasteiger partial charge in [0.05, 0.1) is 4.90 Å². The van der Waals surface area contributed by atoms with Gasteiger partial charge in [0.25, 0.3) is 0 Å². The first-order chi connectivity index (χ1) is 11.2. The van der Waals surface area contributed by atoms with Crippen molar-refractivity contribution in [3.8, 4) is 0 Å². The van der Waals surface area contributed by atoms with E-state index in [-0.39, 0.29) is 29.8 Å². The van der Waals surface area contributed by atoms with E-state index in [1.165, 1.54) is 4.31 Å². The minimum absolute atomic E-state index is 0.0615. The third kappa shape index (κ3) is 4.30. The lowest BCUT2D eigenvalue weighted by Gasteiger charge is -2.30. The van der Waals surface area contributed by atoms with Gasteiger partial charge in [-0.15, -0.1) is 0 Å². The fourth-order valence-electron chi connectivity index (χ4n) is 2.59. The zero-order valence-electron chi connectivity index (χ0n) is 13.8. The molecule has 1 aromatic carbocycles. The second-order valence-corrected chi connectivity index (χ2v) is 8.33. The normalized spacial score (nSPS) is 17.2. The van der Waals surface area contributed by atoms with Crippen LogP contribution < -0.4 is 5.32 Å². The molecule has 0 unspecified atom stereocenters. The van der Waals surface area contributed by atoms with Gasteiger partial charge in [-0.2, -0.15) is 4.31 Å². The number of rotatable bonds is 5. The summed E-state index contributed by atoms with van der Waals surface area (Å²) < 4.78 is 52.4. The molecule has 1 amide bonds. The SMILES string of the molecule is CC(C)CNC(=O)C1CCN(S(=O)(=O)c2ccc(F)c(F)c2)CC1. The third-order valence-electron chi connectivity index (χ3n) is 4.04. The number of sulfonamides is 1. The van der Waals surface area contributed by atoms with Crippen molar-refractivity contribution in [1.82, 2.24) is 9.62 Å². The molecule has 8 heteroatoms. The van der Waals surface area contributed by atoms with Gasteiger partial charge in [-0.1, -0.05) is 13.8 Å². The average molecular weight is 360 g/mol. The number of nitrogens with zero attached hydrogens (tertiary/aromatic N) is 1. The highest BCUT2D eigenvalue weighted by atomic mass is 32.2. The summed E-state index contributed by atoms with van der Waals surface area (Å²) in [6.45, 7) is 4.95. The van der Waals surface area contributed by atoms with E-state index in [4.69, 9.17) is 0 Å². The Bertz CT molecular complexity index is 699. The maximum absolute atomic E-state index is 13.3. The van der Waals surface area contributed by atoms with Crippen LogP contribution in [0.3, 0.4) is 0 Å². The number of carbonyl (C=O) groups is 1. The number of benzene rings is 1. The first-order valence-corrected chi connectivity index (χ1v) is 9.38. The van der Waals surface area contributed by atoms with Gasteiger partial charge in [-0.05, 0) is 37.0 Å². The molecule has 1 aromatic rings. The number of carbonyl (C=O) groups excluding carboxylic acids is 1. The Hall–Kier alpha value is -1.54. The fraction of sp³-hybridized carbons (Fsp3) is 0.562. The van der Waals surface area contributed by atoms with Crippen LogP contribution in [0.25, 0.3) is 0 Å². The Morgan fingerprint density at radius 2 is 1.88 bits per heavy atom. The molecule has 0 atom stereocenters. The Morgan fingerprint density at radius 3 is 2.42 bits per heavy atom. The number of nitrogens with one attached hydrogen (secondary N) is 1. The highest BCUT2D eigenvalue weighted by Crippen LogP contribution is 2.25. The third-order valence-corrected chi connectivity index (χ3v) is 5.93. The quantitative estimate of drug-likeness (QED) is 0.875. The van der Waals surface area contributed by atoms with E-state index in [0.29, 0.717) is 31.4 Å².